The van der Waals surface area contributed by atoms with Gasteiger partial charge in [0.1, 0.15) is 11.1 Å². The van der Waals surface area contributed by atoms with Gasteiger partial charge >= 0.3 is 6.09 Å². The fourth-order valence-corrected chi connectivity index (χ4v) is 6.08. The summed E-state index contributed by atoms with van der Waals surface area (Å²) in [5.74, 6) is 0.358. The number of ether oxygens (including phenoxy) is 1. The molecule has 2 aliphatic rings. The maximum atomic E-state index is 13.2. The van der Waals surface area contributed by atoms with Crippen LogP contribution in [-0.2, 0) is 4.74 Å². The molecule has 0 aromatic carbocycles. The van der Waals surface area contributed by atoms with Crippen LogP contribution < -0.4 is 9.62 Å². The molecule has 5 rings (SSSR count). The van der Waals surface area contributed by atoms with Crippen LogP contribution in [0, 0.1) is 0 Å². The minimum atomic E-state index is -2.71. The molecule has 1 saturated heterocycles. The van der Waals surface area contributed by atoms with Crippen LogP contribution in [0.4, 0.5) is 19.3 Å². The van der Waals surface area contributed by atoms with E-state index >= 15 is 0 Å². The number of alkyl halides is 2. The van der Waals surface area contributed by atoms with Crippen molar-refractivity contribution in [3.8, 4) is 10.8 Å². The predicted molar refractivity (Wildman–Crippen MR) is 145 cm³/mol. The number of nitrogens with zero attached hydrogens (tertiary/aromatic N) is 6. The van der Waals surface area contributed by atoms with Crippen molar-refractivity contribution >= 4 is 52.2 Å². The molecule has 0 spiro atoms. The summed E-state index contributed by atoms with van der Waals surface area (Å²) in [5.41, 5.74) is 1.01. The normalized spacial score (nSPS) is 19.4. The number of piperazine rings is 1. The molecule has 206 valence electrons. The van der Waals surface area contributed by atoms with Crippen molar-refractivity contribution in [2.24, 2.45) is 0 Å². The first-order valence-corrected chi connectivity index (χ1v) is 14.4. The molecule has 1 N–H and O–H groups in total. The van der Waals surface area contributed by atoms with Crippen LogP contribution in [0.15, 0.2) is 17.2 Å². The average molecular weight is 586 g/mol. The zero-order chi connectivity index (χ0) is 27.4. The first-order valence-electron chi connectivity index (χ1n) is 12.4. The number of halogens is 3. The summed E-state index contributed by atoms with van der Waals surface area (Å²) in [5, 5.41) is 7.72. The lowest BCUT2D eigenvalue weighted by Crippen LogP contribution is -2.55. The van der Waals surface area contributed by atoms with Crippen LogP contribution in [-0.4, -0.2) is 67.4 Å². The average Bonchev–Trinajstić information content (AvgIpc) is 3.23. The molecule has 14 heteroatoms. The van der Waals surface area contributed by atoms with E-state index in [1.54, 1.807) is 9.30 Å². The maximum Gasteiger partial charge on any atom is 0.410 e. The summed E-state index contributed by atoms with van der Waals surface area (Å²) >= 11 is 8.97. The number of amides is 1. The van der Waals surface area contributed by atoms with Crippen molar-refractivity contribution < 1.29 is 18.3 Å². The van der Waals surface area contributed by atoms with Crippen LogP contribution >= 0.6 is 34.9 Å². The number of nitrogens with one attached hydrogen (secondary N) is 1. The lowest BCUT2D eigenvalue weighted by atomic mass is 10.1. The monoisotopic (exact) mass is 585 g/mol. The van der Waals surface area contributed by atoms with Gasteiger partial charge in [0.25, 0.3) is 6.43 Å². The third kappa shape index (κ3) is 5.70. The van der Waals surface area contributed by atoms with Crippen LogP contribution in [0.1, 0.15) is 58.9 Å². The molecule has 38 heavy (non-hydrogen) atoms. The van der Waals surface area contributed by atoms with E-state index in [9.17, 15) is 13.6 Å². The quantitative estimate of drug-likeness (QED) is 0.350. The van der Waals surface area contributed by atoms with Gasteiger partial charge in [0.15, 0.2) is 21.0 Å². The standard InChI is InChI=1S/C24H30ClF2N7O2S2/c1-13-11-32(8-9-33(13)22(35)36-23(2,3)4)15-10-14(38-31-24(5)6-7-24)12-34-16(15)17(25)28-19(34)21-30-29-20(37-21)18(26)27/h10,12-13,18,31H,6-9,11H2,1-5H3/t13-/m1/s1. The van der Waals surface area contributed by atoms with Crippen molar-refractivity contribution in [2.45, 2.75) is 76.0 Å². The minimum absolute atomic E-state index is 0.0914. The second-order valence-electron chi connectivity index (χ2n) is 11.0. The molecule has 2 fully saturated rings. The highest BCUT2D eigenvalue weighted by molar-refractivity contribution is 7.97. The van der Waals surface area contributed by atoms with E-state index in [0.717, 1.165) is 34.8 Å². The predicted octanol–water partition coefficient (Wildman–Crippen LogP) is 6.04. The molecule has 9 nitrogen and oxygen atoms in total. The lowest BCUT2D eigenvalue weighted by molar-refractivity contribution is 0.0159. The molecule has 0 unspecified atom stereocenters. The van der Waals surface area contributed by atoms with Gasteiger partial charge in [-0.3, -0.25) is 9.12 Å². The topological polar surface area (TPSA) is 87.9 Å². The van der Waals surface area contributed by atoms with Crippen molar-refractivity contribution in [3.63, 3.8) is 0 Å². The van der Waals surface area contributed by atoms with Gasteiger partial charge < -0.3 is 14.5 Å². The van der Waals surface area contributed by atoms with Gasteiger partial charge in [-0.1, -0.05) is 22.9 Å². The summed E-state index contributed by atoms with van der Waals surface area (Å²) in [6.07, 6.45) is 1.04. The highest BCUT2D eigenvalue weighted by atomic mass is 35.5. The first-order chi connectivity index (χ1) is 17.8. The van der Waals surface area contributed by atoms with Gasteiger partial charge in [0.05, 0.1) is 5.69 Å². The van der Waals surface area contributed by atoms with Gasteiger partial charge in [-0.15, -0.1) is 10.2 Å². The number of hydrogen-bond donors (Lipinski definition) is 1. The summed E-state index contributed by atoms with van der Waals surface area (Å²) in [6.45, 7) is 11.3. The Morgan fingerprint density at radius 2 is 2.05 bits per heavy atom. The summed E-state index contributed by atoms with van der Waals surface area (Å²) in [4.78, 5) is 22.1. The lowest BCUT2D eigenvalue weighted by Gasteiger charge is -2.41. The molecule has 0 radical (unpaired) electrons. The van der Waals surface area contributed by atoms with Gasteiger partial charge in [-0.25, -0.2) is 18.6 Å². The third-order valence-electron chi connectivity index (χ3n) is 6.48. The Morgan fingerprint density at radius 3 is 2.66 bits per heavy atom. The Kier molecular flexibility index (Phi) is 7.25. The van der Waals surface area contributed by atoms with E-state index in [0.29, 0.717) is 31.0 Å². The SMILES string of the molecule is C[C@@H]1CN(c2cc(SNC3(C)CC3)cn3c(-c4nnc(C(F)F)s4)nc(Cl)c23)CCN1C(=O)OC(C)(C)C. The van der Waals surface area contributed by atoms with Gasteiger partial charge in [0, 0.05) is 42.3 Å². The highest BCUT2D eigenvalue weighted by Crippen LogP contribution is 2.41. The fraction of sp³-hybridized carbons (Fsp3) is 0.583. The van der Waals surface area contributed by atoms with Crippen molar-refractivity contribution in [1.29, 1.82) is 0 Å². The number of imidazole rings is 1. The number of carbonyl (C=O) groups excluding carboxylic acids is 1. The van der Waals surface area contributed by atoms with Crippen LogP contribution in [0.25, 0.3) is 16.3 Å². The van der Waals surface area contributed by atoms with E-state index in [2.05, 4.69) is 37.8 Å². The Hall–Kier alpha value is -2.22. The van der Waals surface area contributed by atoms with Crippen molar-refractivity contribution in [1.82, 2.24) is 29.2 Å². The van der Waals surface area contributed by atoms with Crippen LogP contribution in [0.2, 0.25) is 5.15 Å². The minimum Gasteiger partial charge on any atom is -0.444 e. The van der Waals surface area contributed by atoms with E-state index in [-0.39, 0.29) is 32.8 Å². The molecule has 1 atom stereocenters. The molecule has 1 saturated carbocycles. The molecule has 1 amide bonds. The van der Waals surface area contributed by atoms with Gasteiger partial charge in [0.2, 0.25) is 0 Å². The van der Waals surface area contributed by atoms with E-state index < -0.39 is 12.0 Å². The van der Waals surface area contributed by atoms with Crippen LogP contribution in [0.5, 0.6) is 0 Å². The van der Waals surface area contributed by atoms with Crippen molar-refractivity contribution in [3.05, 3.63) is 22.4 Å². The third-order valence-corrected chi connectivity index (χ3v) is 8.72. The molecular formula is C24H30ClF2N7O2S2. The van der Waals surface area contributed by atoms with E-state index in [1.165, 1.54) is 11.9 Å². The highest BCUT2D eigenvalue weighted by Gasteiger charge is 2.37. The summed E-state index contributed by atoms with van der Waals surface area (Å²) < 4.78 is 37.4. The van der Waals surface area contributed by atoms with Gasteiger partial charge in [-0.05, 0) is 65.5 Å². The Morgan fingerprint density at radius 1 is 1.32 bits per heavy atom. The molecule has 0 bridgehead atoms. The summed E-state index contributed by atoms with van der Waals surface area (Å²) in [6, 6.07) is 1.94. The Balaban J connectivity index is 1.50. The largest absolute Gasteiger partial charge is 0.444 e. The maximum absolute atomic E-state index is 13.2. The number of anilines is 1. The number of rotatable bonds is 6. The summed E-state index contributed by atoms with van der Waals surface area (Å²) in [7, 11) is 0. The number of pyridine rings is 1. The Labute approximate surface area is 233 Å². The van der Waals surface area contributed by atoms with Crippen LogP contribution in [0.3, 0.4) is 0 Å². The molecule has 1 aliphatic heterocycles. The number of aromatic nitrogens is 4. The molecule has 3 aromatic rings. The van der Waals surface area contributed by atoms with Gasteiger partial charge in [-0.2, -0.15) is 0 Å². The van der Waals surface area contributed by atoms with E-state index in [1.807, 2.05) is 33.9 Å². The molecule has 1 aliphatic carbocycles. The zero-order valence-corrected chi connectivity index (χ0v) is 24.2. The van der Waals surface area contributed by atoms with E-state index in [4.69, 9.17) is 16.3 Å². The molecule has 4 heterocycles. The fourth-order valence-electron chi connectivity index (χ4n) is 4.23. The van der Waals surface area contributed by atoms with Crippen molar-refractivity contribution in [2.75, 3.05) is 24.5 Å². The second-order valence-corrected chi connectivity index (χ2v) is 13.2. The smallest absolute Gasteiger partial charge is 0.410 e. The first kappa shape index (κ1) is 27.4. The number of carbonyl (C=O) groups is 1. The Bertz CT molecular complexity index is 1360. The molecular weight excluding hydrogens is 556 g/mol. The zero-order valence-electron chi connectivity index (χ0n) is 21.8. The molecule has 3 aromatic heterocycles. The number of hydrogen-bond acceptors (Lipinski definition) is 9. The number of fused-ring (bicyclic) bond motifs is 1. The second kappa shape index (κ2) is 10.1.